The lowest BCUT2D eigenvalue weighted by molar-refractivity contribution is 0.787. The fraction of sp³-hybridized carbons (Fsp3) is 0.333. The lowest BCUT2D eigenvalue weighted by Gasteiger charge is -2.04. The van der Waals surface area contributed by atoms with E-state index in [0.29, 0.717) is 5.92 Å². The molecule has 1 aromatic carbocycles. The van der Waals surface area contributed by atoms with E-state index < -0.39 is 0 Å². The van der Waals surface area contributed by atoms with Crippen LogP contribution in [0.2, 0.25) is 0 Å². The molecule has 0 radical (unpaired) electrons. The molecule has 1 atom stereocenters. The first kappa shape index (κ1) is 7.19. The summed E-state index contributed by atoms with van der Waals surface area (Å²) in [6.07, 6.45) is 0. The van der Waals surface area contributed by atoms with Crippen molar-refractivity contribution < 1.29 is 0 Å². The third-order valence-electron chi connectivity index (χ3n) is 2.08. The Hall–Kier alpha value is -0.470. The first-order valence-corrected chi connectivity index (χ1v) is 4.82. The molecule has 58 valence electrons. The highest BCUT2D eigenvalue weighted by molar-refractivity contribution is 7.99. The van der Waals surface area contributed by atoms with Crippen LogP contribution in [-0.2, 0) is 0 Å². The summed E-state index contributed by atoms with van der Waals surface area (Å²) in [6, 6.07) is 8.54. The third kappa shape index (κ3) is 1.17. The van der Waals surface area contributed by atoms with Gasteiger partial charge >= 0.3 is 0 Å². The Labute approximate surface area is 71.0 Å². The Morgan fingerprint density at radius 1 is 1.45 bits per heavy atom. The van der Waals surface area contributed by atoms with Crippen molar-refractivity contribution in [3.05, 3.63) is 29.8 Å². The third-order valence-corrected chi connectivity index (χ3v) is 3.34. The maximum Gasteiger partial charge on any atom is 0.0108 e. The molecule has 2 rings (SSSR count). The summed E-state index contributed by atoms with van der Waals surface area (Å²) < 4.78 is 0. The zero-order chi connectivity index (χ0) is 7.68. The number of nitrogens with two attached hydrogens (primary N) is 1. The summed E-state index contributed by atoms with van der Waals surface area (Å²) >= 11 is 1.92. The van der Waals surface area contributed by atoms with E-state index in [1.54, 1.807) is 0 Å². The largest absolute Gasteiger partial charge is 0.330 e. The van der Waals surface area contributed by atoms with Crippen molar-refractivity contribution in [3.8, 4) is 0 Å². The smallest absolute Gasteiger partial charge is 0.0108 e. The van der Waals surface area contributed by atoms with Crippen molar-refractivity contribution in [1.82, 2.24) is 0 Å². The van der Waals surface area contributed by atoms with Gasteiger partial charge in [0.15, 0.2) is 0 Å². The fourth-order valence-electron chi connectivity index (χ4n) is 1.42. The molecule has 0 saturated heterocycles. The van der Waals surface area contributed by atoms with E-state index in [0.717, 1.165) is 12.3 Å². The van der Waals surface area contributed by atoms with Crippen LogP contribution in [-0.4, -0.2) is 12.3 Å². The van der Waals surface area contributed by atoms with Gasteiger partial charge in [0.2, 0.25) is 0 Å². The van der Waals surface area contributed by atoms with Crippen LogP contribution in [0.5, 0.6) is 0 Å². The van der Waals surface area contributed by atoms with Crippen LogP contribution in [0.3, 0.4) is 0 Å². The fourth-order valence-corrected chi connectivity index (χ4v) is 2.70. The van der Waals surface area contributed by atoms with E-state index in [1.165, 1.54) is 10.5 Å². The van der Waals surface area contributed by atoms with Gasteiger partial charge < -0.3 is 5.73 Å². The summed E-state index contributed by atoms with van der Waals surface area (Å²) in [5.41, 5.74) is 7.08. The molecule has 0 amide bonds. The zero-order valence-corrected chi connectivity index (χ0v) is 7.10. The average Bonchev–Trinajstić information content (AvgIpc) is 2.47. The minimum absolute atomic E-state index is 0.594. The Bertz CT molecular complexity index is 259. The lowest BCUT2D eigenvalue weighted by Crippen LogP contribution is -2.11. The first-order valence-electron chi connectivity index (χ1n) is 3.83. The Balaban J connectivity index is 2.39. The SMILES string of the molecule is NC[C@H]1CSc2ccccc21. The molecule has 2 heteroatoms. The standard InChI is InChI=1S/C9H11NS/c10-5-7-6-11-9-4-2-1-3-8(7)9/h1-4,7H,5-6,10H2/t7-/m0/s1. The van der Waals surface area contributed by atoms with E-state index in [9.17, 15) is 0 Å². The highest BCUT2D eigenvalue weighted by Gasteiger charge is 2.20. The first-order chi connectivity index (χ1) is 5.42. The average molecular weight is 165 g/mol. The second kappa shape index (κ2) is 2.88. The van der Waals surface area contributed by atoms with E-state index in [2.05, 4.69) is 24.3 Å². The second-order valence-electron chi connectivity index (χ2n) is 2.78. The maximum absolute atomic E-state index is 5.64. The van der Waals surface area contributed by atoms with Gasteiger partial charge in [-0.25, -0.2) is 0 Å². The van der Waals surface area contributed by atoms with Gasteiger partial charge in [-0.15, -0.1) is 11.8 Å². The highest BCUT2D eigenvalue weighted by Crippen LogP contribution is 2.38. The van der Waals surface area contributed by atoms with Crippen LogP contribution in [0.1, 0.15) is 11.5 Å². The molecule has 0 fully saturated rings. The van der Waals surface area contributed by atoms with Crippen molar-refractivity contribution in [3.63, 3.8) is 0 Å². The van der Waals surface area contributed by atoms with Crippen molar-refractivity contribution in [2.75, 3.05) is 12.3 Å². The highest BCUT2D eigenvalue weighted by atomic mass is 32.2. The molecule has 1 heterocycles. The molecule has 2 N–H and O–H groups in total. The maximum atomic E-state index is 5.64. The minimum atomic E-state index is 0.594. The van der Waals surface area contributed by atoms with Gasteiger partial charge in [-0.3, -0.25) is 0 Å². The van der Waals surface area contributed by atoms with Gasteiger partial charge in [-0.1, -0.05) is 18.2 Å². The predicted octanol–water partition coefficient (Wildman–Crippen LogP) is 1.83. The second-order valence-corrected chi connectivity index (χ2v) is 3.84. The number of fused-ring (bicyclic) bond motifs is 1. The molecular formula is C9H11NS. The Morgan fingerprint density at radius 3 is 3.09 bits per heavy atom. The van der Waals surface area contributed by atoms with Crippen molar-refractivity contribution in [2.45, 2.75) is 10.8 Å². The molecule has 0 aliphatic carbocycles. The molecule has 1 aliphatic rings. The normalized spacial score (nSPS) is 21.7. The number of hydrogen-bond acceptors (Lipinski definition) is 2. The topological polar surface area (TPSA) is 26.0 Å². The number of rotatable bonds is 1. The number of thioether (sulfide) groups is 1. The quantitative estimate of drug-likeness (QED) is 0.687. The van der Waals surface area contributed by atoms with Crippen molar-refractivity contribution in [1.29, 1.82) is 0 Å². The molecule has 0 spiro atoms. The Kier molecular flexibility index (Phi) is 1.88. The monoisotopic (exact) mass is 165 g/mol. The molecule has 0 unspecified atom stereocenters. The molecular weight excluding hydrogens is 154 g/mol. The van der Waals surface area contributed by atoms with Gasteiger partial charge in [-0.2, -0.15) is 0 Å². The summed E-state index contributed by atoms with van der Waals surface area (Å²) in [7, 11) is 0. The van der Waals surface area contributed by atoms with Gasteiger partial charge in [0.1, 0.15) is 0 Å². The van der Waals surface area contributed by atoms with E-state index in [4.69, 9.17) is 5.73 Å². The van der Waals surface area contributed by atoms with Crippen LogP contribution in [0, 0.1) is 0 Å². The minimum Gasteiger partial charge on any atom is -0.330 e. The van der Waals surface area contributed by atoms with Crippen LogP contribution >= 0.6 is 11.8 Å². The van der Waals surface area contributed by atoms with Crippen molar-refractivity contribution in [2.24, 2.45) is 5.73 Å². The van der Waals surface area contributed by atoms with E-state index in [-0.39, 0.29) is 0 Å². The van der Waals surface area contributed by atoms with Crippen LogP contribution in [0.15, 0.2) is 29.2 Å². The number of hydrogen-bond donors (Lipinski definition) is 1. The molecule has 11 heavy (non-hydrogen) atoms. The molecule has 0 bridgehead atoms. The van der Waals surface area contributed by atoms with Gasteiger partial charge in [0, 0.05) is 23.1 Å². The van der Waals surface area contributed by atoms with Gasteiger partial charge in [0.05, 0.1) is 0 Å². The summed E-state index contributed by atoms with van der Waals surface area (Å²) in [5, 5.41) is 0. The van der Waals surface area contributed by atoms with Crippen molar-refractivity contribution >= 4 is 11.8 Å². The predicted molar refractivity (Wildman–Crippen MR) is 49.0 cm³/mol. The molecule has 1 aliphatic heterocycles. The Morgan fingerprint density at radius 2 is 2.27 bits per heavy atom. The van der Waals surface area contributed by atoms with Crippen LogP contribution in [0.25, 0.3) is 0 Å². The summed E-state index contributed by atoms with van der Waals surface area (Å²) in [5.74, 6) is 1.76. The van der Waals surface area contributed by atoms with Crippen LogP contribution < -0.4 is 5.73 Å². The van der Waals surface area contributed by atoms with E-state index in [1.807, 2.05) is 11.8 Å². The molecule has 1 nitrogen and oxygen atoms in total. The van der Waals surface area contributed by atoms with Gasteiger partial charge in [-0.05, 0) is 11.6 Å². The molecule has 1 aromatic rings. The van der Waals surface area contributed by atoms with E-state index >= 15 is 0 Å². The summed E-state index contributed by atoms with van der Waals surface area (Å²) in [4.78, 5) is 1.42. The lowest BCUT2D eigenvalue weighted by atomic mass is 10.0. The molecule has 0 saturated carbocycles. The summed E-state index contributed by atoms with van der Waals surface area (Å²) in [6.45, 7) is 0.782. The van der Waals surface area contributed by atoms with Gasteiger partial charge in [0.25, 0.3) is 0 Å². The zero-order valence-electron chi connectivity index (χ0n) is 6.29. The molecule has 0 aromatic heterocycles. The number of benzene rings is 1. The van der Waals surface area contributed by atoms with Crippen LogP contribution in [0.4, 0.5) is 0 Å².